The van der Waals surface area contributed by atoms with Crippen molar-refractivity contribution in [2.24, 2.45) is 11.7 Å². The number of anilines is 1. The van der Waals surface area contributed by atoms with Gasteiger partial charge in [0.25, 0.3) is 0 Å². The van der Waals surface area contributed by atoms with E-state index in [4.69, 9.17) is 10.5 Å². The van der Waals surface area contributed by atoms with Crippen LogP contribution in [0, 0.1) is 16.0 Å². The van der Waals surface area contributed by atoms with Crippen molar-refractivity contribution in [2.75, 3.05) is 37.7 Å². The van der Waals surface area contributed by atoms with Gasteiger partial charge in [0.1, 0.15) is 5.69 Å². The molecule has 1 heterocycles. The number of ether oxygens (including phenoxy) is 1. The van der Waals surface area contributed by atoms with Crippen LogP contribution in [0.4, 0.5) is 11.4 Å². The normalized spacial score (nSPS) is 17.4. The van der Waals surface area contributed by atoms with Crippen LogP contribution in [0.15, 0.2) is 18.2 Å². The second-order valence-corrected chi connectivity index (χ2v) is 5.68. The number of carbonyl (C=O) groups is 1. The number of piperidine rings is 1. The fourth-order valence-corrected chi connectivity index (χ4v) is 2.97. The van der Waals surface area contributed by atoms with E-state index in [1.54, 1.807) is 25.1 Å². The molecule has 8 heteroatoms. The Bertz CT molecular complexity index is 593. The number of para-hydroxylation sites is 1. The van der Waals surface area contributed by atoms with Gasteiger partial charge in [-0.2, -0.15) is 0 Å². The van der Waals surface area contributed by atoms with E-state index in [2.05, 4.69) is 5.32 Å². The minimum absolute atomic E-state index is 0.0395. The fraction of sp³-hybridized carbons (Fsp3) is 0.562. The first-order valence-electron chi connectivity index (χ1n) is 8.21. The van der Waals surface area contributed by atoms with Crippen molar-refractivity contribution < 1.29 is 14.5 Å². The van der Waals surface area contributed by atoms with Crippen LogP contribution >= 0.6 is 0 Å². The molecule has 1 atom stereocenters. The van der Waals surface area contributed by atoms with Crippen molar-refractivity contribution in [3.05, 3.63) is 28.3 Å². The molecule has 0 aliphatic carbocycles. The predicted octanol–water partition coefficient (Wildman–Crippen LogP) is 1.28. The average molecular weight is 336 g/mol. The molecule has 24 heavy (non-hydrogen) atoms. The summed E-state index contributed by atoms with van der Waals surface area (Å²) in [7, 11) is 0. The van der Waals surface area contributed by atoms with Gasteiger partial charge >= 0.3 is 5.69 Å². The van der Waals surface area contributed by atoms with Crippen LogP contribution < -0.4 is 20.7 Å². The van der Waals surface area contributed by atoms with Gasteiger partial charge in [0.2, 0.25) is 5.91 Å². The predicted molar refractivity (Wildman–Crippen MR) is 91.3 cm³/mol. The lowest BCUT2D eigenvalue weighted by atomic mass is 9.96. The Balaban J connectivity index is 2.22. The summed E-state index contributed by atoms with van der Waals surface area (Å²) in [5, 5.41) is 14.3. The number of hydrogen-bond donors (Lipinski definition) is 2. The third-order valence-electron chi connectivity index (χ3n) is 4.04. The van der Waals surface area contributed by atoms with E-state index in [0.29, 0.717) is 38.5 Å². The summed E-state index contributed by atoms with van der Waals surface area (Å²) >= 11 is 0. The van der Waals surface area contributed by atoms with Gasteiger partial charge in [0, 0.05) is 26.2 Å². The van der Waals surface area contributed by atoms with E-state index in [0.717, 1.165) is 12.8 Å². The summed E-state index contributed by atoms with van der Waals surface area (Å²) in [6.45, 7) is 4.10. The molecule has 8 nitrogen and oxygen atoms in total. The Labute approximate surface area is 141 Å². The Morgan fingerprint density at radius 1 is 1.54 bits per heavy atom. The van der Waals surface area contributed by atoms with Gasteiger partial charge in [0.15, 0.2) is 5.75 Å². The molecule has 1 aromatic rings. The van der Waals surface area contributed by atoms with E-state index in [1.165, 1.54) is 0 Å². The summed E-state index contributed by atoms with van der Waals surface area (Å²) < 4.78 is 5.40. The van der Waals surface area contributed by atoms with Crippen molar-refractivity contribution in [2.45, 2.75) is 19.8 Å². The molecule has 0 radical (unpaired) electrons. The zero-order valence-electron chi connectivity index (χ0n) is 13.9. The van der Waals surface area contributed by atoms with Crippen LogP contribution in [0.5, 0.6) is 5.75 Å². The van der Waals surface area contributed by atoms with Gasteiger partial charge < -0.3 is 20.7 Å². The molecule has 3 N–H and O–H groups in total. The molecule has 0 aromatic heterocycles. The Morgan fingerprint density at radius 2 is 2.33 bits per heavy atom. The fourth-order valence-electron chi connectivity index (χ4n) is 2.97. The molecular weight excluding hydrogens is 312 g/mol. The number of nitro groups is 1. The Morgan fingerprint density at radius 3 is 3.00 bits per heavy atom. The number of rotatable bonds is 7. The standard InChI is InChI=1S/C16H24N4O4/c1-2-24-14-7-3-6-13(15(14)20(22)23)19-10-4-5-12(11-19)16(21)18-9-8-17/h3,6-7,12H,2,4-5,8-11,17H2,1H3,(H,18,21). The first-order valence-corrected chi connectivity index (χ1v) is 8.21. The summed E-state index contributed by atoms with van der Waals surface area (Å²) in [6.07, 6.45) is 1.57. The molecule has 1 amide bonds. The van der Waals surface area contributed by atoms with E-state index >= 15 is 0 Å². The van der Waals surface area contributed by atoms with Crippen molar-refractivity contribution >= 4 is 17.3 Å². The van der Waals surface area contributed by atoms with Gasteiger partial charge in [-0.1, -0.05) is 6.07 Å². The first-order chi connectivity index (χ1) is 11.6. The average Bonchev–Trinajstić information content (AvgIpc) is 2.59. The SMILES string of the molecule is CCOc1cccc(N2CCCC(C(=O)NCCN)C2)c1[N+](=O)[O-]. The summed E-state index contributed by atoms with van der Waals surface area (Å²) in [5.74, 6) is 0.0177. The van der Waals surface area contributed by atoms with Crippen molar-refractivity contribution in [3.8, 4) is 5.75 Å². The highest BCUT2D eigenvalue weighted by molar-refractivity contribution is 5.80. The maximum absolute atomic E-state index is 12.2. The van der Waals surface area contributed by atoms with Crippen LogP contribution in [-0.2, 0) is 4.79 Å². The molecule has 0 spiro atoms. The first kappa shape index (κ1) is 18.0. The molecular formula is C16H24N4O4. The quantitative estimate of drug-likeness (QED) is 0.573. The number of nitrogens with one attached hydrogen (secondary N) is 1. The molecule has 1 aliphatic rings. The number of nitrogens with two attached hydrogens (primary N) is 1. The minimum Gasteiger partial charge on any atom is -0.487 e. The maximum atomic E-state index is 12.2. The van der Waals surface area contributed by atoms with Crippen molar-refractivity contribution in [1.82, 2.24) is 5.32 Å². The Kier molecular flexibility index (Phi) is 6.36. The third-order valence-corrected chi connectivity index (χ3v) is 4.04. The van der Waals surface area contributed by atoms with E-state index in [9.17, 15) is 14.9 Å². The molecule has 0 bridgehead atoms. The van der Waals surface area contributed by atoms with Crippen LogP contribution in [0.2, 0.25) is 0 Å². The molecule has 2 rings (SSSR count). The van der Waals surface area contributed by atoms with Gasteiger partial charge in [-0.05, 0) is 31.9 Å². The highest BCUT2D eigenvalue weighted by atomic mass is 16.6. The highest BCUT2D eigenvalue weighted by Gasteiger charge is 2.31. The second-order valence-electron chi connectivity index (χ2n) is 5.68. The highest BCUT2D eigenvalue weighted by Crippen LogP contribution is 2.38. The smallest absolute Gasteiger partial charge is 0.333 e. The van der Waals surface area contributed by atoms with E-state index in [-0.39, 0.29) is 23.3 Å². The van der Waals surface area contributed by atoms with Crippen LogP contribution in [0.1, 0.15) is 19.8 Å². The molecule has 132 valence electrons. The minimum atomic E-state index is -0.418. The molecule has 0 saturated carbocycles. The third kappa shape index (κ3) is 4.14. The van der Waals surface area contributed by atoms with Crippen molar-refractivity contribution in [1.29, 1.82) is 0 Å². The summed E-state index contributed by atoms with van der Waals surface area (Å²) in [6, 6.07) is 5.05. The number of benzene rings is 1. The van der Waals surface area contributed by atoms with Gasteiger partial charge in [-0.15, -0.1) is 0 Å². The van der Waals surface area contributed by atoms with E-state index in [1.807, 2.05) is 4.90 Å². The zero-order valence-corrected chi connectivity index (χ0v) is 13.9. The van der Waals surface area contributed by atoms with Crippen LogP contribution in [0.3, 0.4) is 0 Å². The summed E-state index contributed by atoms with van der Waals surface area (Å²) in [4.78, 5) is 25.2. The number of carbonyl (C=O) groups excluding carboxylic acids is 1. The van der Waals surface area contributed by atoms with Crippen molar-refractivity contribution in [3.63, 3.8) is 0 Å². The number of nitro benzene ring substituents is 1. The number of hydrogen-bond acceptors (Lipinski definition) is 6. The topological polar surface area (TPSA) is 111 Å². The van der Waals surface area contributed by atoms with Crippen LogP contribution in [-0.4, -0.2) is 43.6 Å². The number of amides is 1. The van der Waals surface area contributed by atoms with Crippen LogP contribution in [0.25, 0.3) is 0 Å². The van der Waals surface area contributed by atoms with Gasteiger partial charge in [-0.25, -0.2) is 0 Å². The molecule has 1 aromatic carbocycles. The molecule has 1 saturated heterocycles. The number of nitrogens with zero attached hydrogens (tertiary/aromatic N) is 2. The Hall–Kier alpha value is -2.35. The molecule has 1 unspecified atom stereocenters. The largest absolute Gasteiger partial charge is 0.487 e. The van der Waals surface area contributed by atoms with E-state index < -0.39 is 4.92 Å². The molecule has 1 fully saturated rings. The lowest BCUT2D eigenvalue weighted by Gasteiger charge is -2.33. The monoisotopic (exact) mass is 336 g/mol. The van der Waals surface area contributed by atoms with Gasteiger partial charge in [0.05, 0.1) is 17.4 Å². The van der Waals surface area contributed by atoms with Gasteiger partial charge in [-0.3, -0.25) is 14.9 Å². The maximum Gasteiger partial charge on any atom is 0.333 e. The summed E-state index contributed by atoms with van der Waals surface area (Å²) in [5.41, 5.74) is 5.87. The molecule has 1 aliphatic heterocycles. The lowest BCUT2D eigenvalue weighted by Crippen LogP contribution is -2.44. The zero-order chi connectivity index (χ0) is 17.5. The second kappa shape index (κ2) is 8.49. The lowest BCUT2D eigenvalue weighted by molar-refractivity contribution is -0.385.